The molecule has 94 valence electrons. The summed E-state index contributed by atoms with van der Waals surface area (Å²) in [4.78, 5) is 13.0. The first kappa shape index (κ1) is 12.2. The molecule has 0 atom stereocenters. The smallest absolute Gasteiger partial charge is 0.317 e. The van der Waals surface area contributed by atoms with Crippen molar-refractivity contribution in [2.45, 2.75) is 6.92 Å². The number of nitrogens with one attached hydrogen (secondary N) is 1. The maximum Gasteiger partial charge on any atom is 0.317 e. The van der Waals surface area contributed by atoms with Crippen LogP contribution in [0.25, 0.3) is 0 Å². The first-order valence-corrected chi connectivity index (χ1v) is 5.87. The summed E-state index contributed by atoms with van der Waals surface area (Å²) in [6.45, 7) is 4.34. The van der Waals surface area contributed by atoms with Crippen LogP contribution in [0.3, 0.4) is 0 Å². The first-order chi connectivity index (χ1) is 8.70. The van der Waals surface area contributed by atoms with Gasteiger partial charge in [0.25, 0.3) is 0 Å². The maximum absolute atomic E-state index is 11.3. The Bertz CT molecular complexity index is 493. The van der Waals surface area contributed by atoms with Crippen LogP contribution >= 0.6 is 0 Å². The minimum atomic E-state index is -0.0407. The Morgan fingerprint density at radius 3 is 3.06 bits per heavy atom. The molecule has 1 aliphatic heterocycles. The standard InChI is InChI=1S/C13H15N3O2/c1-10-2-3-11(9-14)8-12(10)18-7-6-16-5-4-15-13(16)17/h2-3,8H,4-7H2,1H3,(H,15,17). The van der Waals surface area contributed by atoms with Crippen molar-refractivity contribution in [1.82, 2.24) is 10.2 Å². The van der Waals surface area contributed by atoms with Crippen molar-refractivity contribution in [3.05, 3.63) is 29.3 Å². The quantitative estimate of drug-likeness (QED) is 0.868. The van der Waals surface area contributed by atoms with E-state index in [1.54, 1.807) is 17.0 Å². The highest BCUT2D eigenvalue weighted by molar-refractivity contribution is 5.76. The van der Waals surface area contributed by atoms with Crippen LogP contribution in [0.5, 0.6) is 5.75 Å². The number of nitrogens with zero attached hydrogens (tertiary/aromatic N) is 2. The van der Waals surface area contributed by atoms with Crippen LogP contribution in [0.4, 0.5) is 4.79 Å². The summed E-state index contributed by atoms with van der Waals surface area (Å²) in [5.41, 5.74) is 1.56. The van der Waals surface area contributed by atoms with Gasteiger partial charge in [0.1, 0.15) is 12.4 Å². The van der Waals surface area contributed by atoms with E-state index in [2.05, 4.69) is 11.4 Å². The van der Waals surface area contributed by atoms with E-state index in [4.69, 9.17) is 10.00 Å². The summed E-state index contributed by atoms with van der Waals surface area (Å²) in [7, 11) is 0. The molecule has 5 heteroatoms. The summed E-state index contributed by atoms with van der Waals surface area (Å²) in [6.07, 6.45) is 0. The molecule has 0 unspecified atom stereocenters. The van der Waals surface area contributed by atoms with E-state index in [9.17, 15) is 4.79 Å². The summed E-state index contributed by atoms with van der Waals surface area (Å²) < 4.78 is 5.62. The highest BCUT2D eigenvalue weighted by Crippen LogP contribution is 2.19. The van der Waals surface area contributed by atoms with Crippen LogP contribution in [-0.2, 0) is 0 Å². The van der Waals surface area contributed by atoms with Gasteiger partial charge in [-0.2, -0.15) is 5.26 Å². The maximum atomic E-state index is 11.3. The molecule has 2 rings (SSSR count). The monoisotopic (exact) mass is 245 g/mol. The average molecular weight is 245 g/mol. The van der Waals surface area contributed by atoms with E-state index in [-0.39, 0.29) is 6.03 Å². The molecule has 5 nitrogen and oxygen atoms in total. The van der Waals surface area contributed by atoms with Crippen molar-refractivity contribution < 1.29 is 9.53 Å². The normalized spacial score (nSPS) is 14.2. The molecule has 0 spiro atoms. The molecule has 1 aliphatic rings. The number of ether oxygens (including phenoxy) is 1. The van der Waals surface area contributed by atoms with Gasteiger partial charge in [-0.1, -0.05) is 6.07 Å². The molecule has 1 aromatic carbocycles. The Morgan fingerprint density at radius 1 is 1.56 bits per heavy atom. The van der Waals surface area contributed by atoms with Gasteiger partial charge in [0.05, 0.1) is 18.2 Å². The van der Waals surface area contributed by atoms with Crippen molar-refractivity contribution >= 4 is 6.03 Å². The summed E-state index contributed by atoms with van der Waals surface area (Å²) in [6, 6.07) is 7.38. The number of aryl methyl sites for hydroxylation is 1. The summed E-state index contributed by atoms with van der Waals surface area (Å²) >= 11 is 0. The zero-order valence-electron chi connectivity index (χ0n) is 10.3. The molecule has 2 amide bonds. The number of hydrogen-bond donors (Lipinski definition) is 1. The predicted octanol–water partition coefficient (Wildman–Crippen LogP) is 1.27. The van der Waals surface area contributed by atoms with Crippen LogP contribution in [0.1, 0.15) is 11.1 Å². The minimum Gasteiger partial charge on any atom is -0.491 e. The van der Waals surface area contributed by atoms with Crippen LogP contribution in [0, 0.1) is 18.3 Å². The van der Waals surface area contributed by atoms with Crippen molar-refractivity contribution in [2.24, 2.45) is 0 Å². The molecular weight excluding hydrogens is 230 g/mol. The number of benzene rings is 1. The van der Waals surface area contributed by atoms with Gasteiger partial charge in [0.2, 0.25) is 0 Å². The molecule has 0 aromatic heterocycles. The SMILES string of the molecule is Cc1ccc(C#N)cc1OCCN1CCNC1=O. The fourth-order valence-corrected chi connectivity index (χ4v) is 1.82. The molecule has 1 N–H and O–H groups in total. The van der Waals surface area contributed by atoms with Gasteiger partial charge in [-0.05, 0) is 24.6 Å². The predicted molar refractivity (Wildman–Crippen MR) is 66.4 cm³/mol. The lowest BCUT2D eigenvalue weighted by Crippen LogP contribution is -2.31. The molecule has 1 heterocycles. The van der Waals surface area contributed by atoms with Crippen molar-refractivity contribution in [3.63, 3.8) is 0 Å². The van der Waals surface area contributed by atoms with E-state index in [1.807, 2.05) is 13.0 Å². The van der Waals surface area contributed by atoms with Gasteiger partial charge in [-0.25, -0.2) is 4.79 Å². The van der Waals surface area contributed by atoms with Gasteiger partial charge in [0.15, 0.2) is 0 Å². The average Bonchev–Trinajstić information content (AvgIpc) is 2.77. The van der Waals surface area contributed by atoms with Gasteiger partial charge in [0, 0.05) is 13.1 Å². The molecule has 0 bridgehead atoms. The van der Waals surface area contributed by atoms with Gasteiger partial charge >= 0.3 is 6.03 Å². The zero-order chi connectivity index (χ0) is 13.0. The largest absolute Gasteiger partial charge is 0.491 e. The van der Waals surface area contributed by atoms with Crippen molar-refractivity contribution in [3.8, 4) is 11.8 Å². The van der Waals surface area contributed by atoms with Crippen LogP contribution in [0.15, 0.2) is 18.2 Å². The Balaban J connectivity index is 1.90. The Kier molecular flexibility index (Phi) is 3.68. The molecule has 1 saturated heterocycles. The fraction of sp³-hybridized carbons (Fsp3) is 0.385. The topological polar surface area (TPSA) is 65.4 Å². The fourth-order valence-electron chi connectivity index (χ4n) is 1.82. The molecule has 18 heavy (non-hydrogen) atoms. The van der Waals surface area contributed by atoms with Gasteiger partial charge in [-0.15, -0.1) is 0 Å². The Morgan fingerprint density at radius 2 is 2.39 bits per heavy atom. The third kappa shape index (κ3) is 2.72. The van der Waals surface area contributed by atoms with Crippen molar-refractivity contribution in [2.75, 3.05) is 26.2 Å². The molecular formula is C13H15N3O2. The van der Waals surface area contributed by atoms with Crippen LogP contribution in [0.2, 0.25) is 0 Å². The third-order valence-corrected chi connectivity index (χ3v) is 2.88. The lowest BCUT2D eigenvalue weighted by molar-refractivity contribution is 0.202. The highest BCUT2D eigenvalue weighted by atomic mass is 16.5. The second-order valence-electron chi connectivity index (χ2n) is 4.16. The molecule has 0 radical (unpaired) electrons. The number of urea groups is 1. The number of carbonyl (C=O) groups is 1. The molecule has 1 fully saturated rings. The summed E-state index contributed by atoms with van der Waals surface area (Å²) in [5.74, 6) is 0.702. The van der Waals surface area contributed by atoms with E-state index in [1.165, 1.54) is 0 Å². The number of hydrogen-bond acceptors (Lipinski definition) is 3. The summed E-state index contributed by atoms with van der Waals surface area (Å²) in [5, 5.41) is 11.6. The lowest BCUT2D eigenvalue weighted by Gasteiger charge is -2.15. The Labute approximate surface area is 106 Å². The first-order valence-electron chi connectivity index (χ1n) is 5.87. The number of rotatable bonds is 4. The lowest BCUT2D eigenvalue weighted by atomic mass is 10.1. The minimum absolute atomic E-state index is 0.0407. The molecule has 0 aliphatic carbocycles. The molecule has 0 saturated carbocycles. The van der Waals surface area contributed by atoms with Gasteiger partial charge < -0.3 is 15.0 Å². The van der Waals surface area contributed by atoms with Crippen LogP contribution < -0.4 is 10.1 Å². The third-order valence-electron chi connectivity index (χ3n) is 2.88. The van der Waals surface area contributed by atoms with E-state index < -0.39 is 0 Å². The number of carbonyl (C=O) groups excluding carboxylic acids is 1. The highest BCUT2D eigenvalue weighted by Gasteiger charge is 2.18. The number of amides is 2. The second kappa shape index (κ2) is 5.41. The van der Waals surface area contributed by atoms with E-state index in [0.29, 0.717) is 31.0 Å². The van der Waals surface area contributed by atoms with Crippen LogP contribution in [-0.4, -0.2) is 37.2 Å². The van der Waals surface area contributed by atoms with Crippen molar-refractivity contribution in [1.29, 1.82) is 5.26 Å². The number of nitriles is 1. The zero-order valence-corrected chi connectivity index (χ0v) is 10.3. The Hall–Kier alpha value is -2.22. The molecule has 1 aromatic rings. The van der Waals surface area contributed by atoms with E-state index >= 15 is 0 Å². The van der Waals surface area contributed by atoms with Gasteiger partial charge in [-0.3, -0.25) is 0 Å². The second-order valence-corrected chi connectivity index (χ2v) is 4.16. The van der Waals surface area contributed by atoms with E-state index in [0.717, 1.165) is 12.1 Å².